The second-order valence-electron chi connectivity index (χ2n) is 7.64. The lowest BCUT2D eigenvalue weighted by Gasteiger charge is -2.10. The largest absolute Gasteiger partial charge is 0.507 e. The molecule has 0 aliphatic carbocycles. The molecule has 0 unspecified atom stereocenters. The first kappa shape index (κ1) is 20.1. The number of halogens is 2. The fraction of sp³-hybridized carbons (Fsp3) is 0.0385. The number of rotatable bonds is 4. The average molecular weight is 445 g/mol. The number of primary amides is 1. The molecular formula is C26H18ClFN2O2. The van der Waals surface area contributed by atoms with Crippen LogP contribution < -0.4 is 5.73 Å². The molecule has 3 N–H and O–H groups in total. The first-order valence-corrected chi connectivity index (χ1v) is 10.4. The highest BCUT2D eigenvalue weighted by Crippen LogP contribution is 2.40. The van der Waals surface area contributed by atoms with Crippen LogP contribution in [0.2, 0.25) is 5.02 Å². The molecular weight excluding hydrogens is 427 g/mol. The highest BCUT2D eigenvalue weighted by molar-refractivity contribution is 6.30. The third-order valence-corrected chi connectivity index (χ3v) is 5.95. The number of aromatic hydroxyl groups is 1. The van der Waals surface area contributed by atoms with E-state index in [4.69, 9.17) is 17.3 Å². The molecule has 32 heavy (non-hydrogen) atoms. The van der Waals surface area contributed by atoms with Gasteiger partial charge in [0.05, 0.1) is 23.0 Å². The van der Waals surface area contributed by atoms with Gasteiger partial charge in [-0.15, -0.1) is 0 Å². The van der Waals surface area contributed by atoms with E-state index in [2.05, 4.69) is 0 Å². The highest BCUT2D eigenvalue weighted by atomic mass is 35.5. The molecule has 4 nitrogen and oxygen atoms in total. The van der Waals surface area contributed by atoms with E-state index in [-0.39, 0.29) is 18.1 Å². The molecule has 0 atom stereocenters. The molecule has 5 rings (SSSR count). The van der Waals surface area contributed by atoms with Crippen molar-refractivity contribution in [2.75, 3.05) is 0 Å². The first-order chi connectivity index (χ1) is 15.4. The summed E-state index contributed by atoms with van der Waals surface area (Å²) in [6, 6.07) is 22.6. The number of aromatic nitrogens is 1. The molecule has 0 radical (unpaired) electrons. The molecule has 158 valence electrons. The SMILES string of the molecule is NC(=O)c1cccc2c1c1c(O)cc(-c3ccc(Cl)cc3)cc1n2Cc1ccccc1F. The van der Waals surface area contributed by atoms with Gasteiger partial charge < -0.3 is 15.4 Å². The number of hydrogen-bond donors (Lipinski definition) is 2. The fourth-order valence-electron chi connectivity index (χ4n) is 4.22. The molecule has 1 aromatic heterocycles. The molecule has 1 heterocycles. The number of fused-ring (bicyclic) bond motifs is 3. The quantitative estimate of drug-likeness (QED) is 0.351. The van der Waals surface area contributed by atoms with Gasteiger partial charge in [-0.2, -0.15) is 0 Å². The number of phenols is 1. The lowest BCUT2D eigenvalue weighted by Crippen LogP contribution is -2.11. The van der Waals surface area contributed by atoms with E-state index in [1.807, 2.05) is 28.8 Å². The van der Waals surface area contributed by atoms with Crippen molar-refractivity contribution < 1.29 is 14.3 Å². The molecule has 5 aromatic rings. The number of phenolic OH excluding ortho intramolecular Hbond substituents is 1. The van der Waals surface area contributed by atoms with Crippen LogP contribution in [0.25, 0.3) is 32.9 Å². The van der Waals surface area contributed by atoms with Gasteiger partial charge in [-0.1, -0.05) is 48.0 Å². The van der Waals surface area contributed by atoms with E-state index in [9.17, 15) is 14.3 Å². The maximum atomic E-state index is 14.5. The monoisotopic (exact) mass is 444 g/mol. The van der Waals surface area contributed by atoms with E-state index >= 15 is 0 Å². The predicted octanol–water partition coefficient (Wildman–Crippen LogP) is 6.11. The highest BCUT2D eigenvalue weighted by Gasteiger charge is 2.20. The molecule has 0 saturated carbocycles. The Balaban J connectivity index is 1.86. The second-order valence-corrected chi connectivity index (χ2v) is 8.07. The van der Waals surface area contributed by atoms with Crippen molar-refractivity contribution >= 4 is 39.3 Å². The van der Waals surface area contributed by atoms with E-state index in [0.717, 1.165) is 11.1 Å². The zero-order valence-corrected chi connectivity index (χ0v) is 17.6. The topological polar surface area (TPSA) is 68.2 Å². The van der Waals surface area contributed by atoms with Crippen LogP contribution in [0.4, 0.5) is 4.39 Å². The lowest BCUT2D eigenvalue weighted by molar-refractivity contribution is 0.100. The summed E-state index contributed by atoms with van der Waals surface area (Å²) < 4.78 is 16.4. The van der Waals surface area contributed by atoms with Crippen molar-refractivity contribution in [2.45, 2.75) is 6.54 Å². The van der Waals surface area contributed by atoms with E-state index in [1.165, 1.54) is 6.07 Å². The van der Waals surface area contributed by atoms with Gasteiger partial charge in [-0.25, -0.2) is 4.39 Å². The minimum absolute atomic E-state index is 0.0124. The Morgan fingerprint density at radius 3 is 2.38 bits per heavy atom. The number of benzene rings is 4. The van der Waals surface area contributed by atoms with E-state index in [1.54, 1.807) is 48.5 Å². The molecule has 0 aliphatic heterocycles. The Hall–Kier alpha value is -3.83. The number of nitrogens with two attached hydrogens (primary N) is 1. The number of carbonyl (C=O) groups is 1. The maximum Gasteiger partial charge on any atom is 0.249 e. The average Bonchev–Trinajstić information content (AvgIpc) is 3.09. The van der Waals surface area contributed by atoms with Crippen molar-refractivity contribution in [1.82, 2.24) is 4.57 Å². The van der Waals surface area contributed by atoms with Gasteiger partial charge in [0.25, 0.3) is 0 Å². The van der Waals surface area contributed by atoms with Gasteiger partial charge in [0.2, 0.25) is 5.91 Å². The first-order valence-electron chi connectivity index (χ1n) is 10.0. The molecule has 6 heteroatoms. The van der Waals surface area contributed by atoms with Gasteiger partial charge in [-0.05, 0) is 53.6 Å². The standard InChI is InChI=1S/C26H18ClFN2O2/c27-18-10-8-15(9-11-18)17-12-22-25(23(31)13-17)24-19(26(29)32)5-3-7-21(24)30(22)14-16-4-1-2-6-20(16)28/h1-13,31H,14H2,(H2,29,32). The summed E-state index contributed by atoms with van der Waals surface area (Å²) in [6.45, 7) is 0.221. The molecule has 0 spiro atoms. The Morgan fingerprint density at radius 2 is 1.66 bits per heavy atom. The summed E-state index contributed by atoms with van der Waals surface area (Å²) in [5, 5.41) is 12.7. The Morgan fingerprint density at radius 1 is 0.906 bits per heavy atom. The third-order valence-electron chi connectivity index (χ3n) is 5.70. The minimum atomic E-state index is -0.596. The molecule has 0 fully saturated rings. The molecule has 1 amide bonds. The summed E-state index contributed by atoms with van der Waals surface area (Å²) in [7, 11) is 0. The number of carbonyl (C=O) groups excluding carboxylic acids is 1. The van der Waals surface area contributed by atoms with Gasteiger partial charge in [0.15, 0.2) is 0 Å². The molecule has 0 saturated heterocycles. The van der Waals surface area contributed by atoms with Gasteiger partial charge in [0.1, 0.15) is 11.6 Å². The Labute approximate surface area is 188 Å². The van der Waals surface area contributed by atoms with Gasteiger partial charge in [0, 0.05) is 21.5 Å². The second kappa shape index (κ2) is 7.70. The Bertz CT molecular complexity index is 1510. The predicted molar refractivity (Wildman–Crippen MR) is 126 cm³/mol. The Kier molecular flexibility index (Phi) is 4.83. The van der Waals surface area contributed by atoms with Crippen molar-refractivity contribution in [3.05, 3.63) is 101 Å². The van der Waals surface area contributed by atoms with Gasteiger partial charge in [-0.3, -0.25) is 4.79 Å². The normalized spacial score (nSPS) is 11.3. The zero-order chi connectivity index (χ0) is 22.4. The minimum Gasteiger partial charge on any atom is -0.507 e. The smallest absolute Gasteiger partial charge is 0.249 e. The van der Waals surface area contributed by atoms with Crippen LogP contribution in [0.15, 0.2) is 78.9 Å². The van der Waals surface area contributed by atoms with Crippen molar-refractivity contribution in [3.8, 4) is 16.9 Å². The summed E-state index contributed by atoms with van der Waals surface area (Å²) in [5.41, 5.74) is 9.42. The van der Waals surface area contributed by atoms with E-state index < -0.39 is 5.91 Å². The van der Waals surface area contributed by atoms with Crippen LogP contribution in [0.1, 0.15) is 15.9 Å². The van der Waals surface area contributed by atoms with Crippen LogP contribution in [0, 0.1) is 5.82 Å². The zero-order valence-electron chi connectivity index (χ0n) is 16.8. The third kappa shape index (κ3) is 3.27. The van der Waals surface area contributed by atoms with Crippen LogP contribution in [-0.2, 0) is 6.54 Å². The number of amides is 1. The van der Waals surface area contributed by atoms with Crippen molar-refractivity contribution in [1.29, 1.82) is 0 Å². The van der Waals surface area contributed by atoms with Crippen molar-refractivity contribution in [2.24, 2.45) is 5.73 Å². The summed E-state index contributed by atoms with van der Waals surface area (Å²) in [5.74, 6) is -0.910. The lowest BCUT2D eigenvalue weighted by atomic mass is 10.0. The summed E-state index contributed by atoms with van der Waals surface area (Å²) in [4.78, 5) is 12.2. The number of nitrogens with zero attached hydrogens (tertiary/aromatic N) is 1. The van der Waals surface area contributed by atoms with Crippen LogP contribution >= 0.6 is 11.6 Å². The van der Waals surface area contributed by atoms with Gasteiger partial charge >= 0.3 is 0 Å². The molecule has 0 bridgehead atoms. The van der Waals surface area contributed by atoms with Crippen LogP contribution in [0.5, 0.6) is 5.75 Å². The summed E-state index contributed by atoms with van der Waals surface area (Å²) >= 11 is 6.02. The molecule has 0 aliphatic rings. The van der Waals surface area contributed by atoms with Crippen LogP contribution in [-0.4, -0.2) is 15.6 Å². The molecule has 4 aromatic carbocycles. The number of hydrogen-bond acceptors (Lipinski definition) is 2. The fourth-order valence-corrected chi connectivity index (χ4v) is 4.35. The van der Waals surface area contributed by atoms with Crippen molar-refractivity contribution in [3.63, 3.8) is 0 Å². The van der Waals surface area contributed by atoms with Crippen LogP contribution in [0.3, 0.4) is 0 Å². The summed E-state index contributed by atoms with van der Waals surface area (Å²) in [6.07, 6.45) is 0. The van der Waals surface area contributed by atoms with E-state index in [0.29, 0.717) is 38.0 Å². The maximum absolute atomic E-state index is 14.5.